The Morgan fingerprint density at radius 2 is 1.86 bits per heavy atom. The van der Waals surface area contributed by atoms with E-state index in [2.05, 4.69) is 4.98 Å². The smallest absolute Gasteiger partial charge is 0.348 e. The van der Waals surface area contributed by atoms with Crippen LogP contribution in [0.15, 0.2) is 41.5 Å². The molecule has 0 saturated heterocycles. The molecule has 0 N–H and O–H groups in total. The highest BCUT2D eigenvalue weighted by Gasteiger charge is 2.11. The molecule has 0 spiro atoms. The van der Waals surface area contributed by atoms with E-state index < -0.39 is 11.7 Å². The van der Waals surface area contributed by atoms with Crippen LogP contribution in [0.25, 0.3) is 0 Å². The van der Waals surface area contributed by atoms with Gasteiger partial charge >= 0.3 is 11.7 Å². The SMILES string of the molecule is CCOC(=O)c1ccc(C(=O)Cn2cc(Cl)cnc2=O)cc1. The molecule has 7 heteroatoms. The van der Waals surface area contributed by atoms with Crippen molar-refractivity contribution in [2.75, 3.05) is 6.61 Å². The maximum atomic E-state index is 12.1. The van der Waals surface area contributed by atoms with E-state index in [1.165, 1.54) is 36.7 Å². The van der Waals surface area contributed by atoms with E-state index in [9.17, 15) is 14.4 Å². The van der Waals surface area contributed by atoms with Crippen LogP contribution in [-0.4, -0.2) is 27.9 Å². The molecule has 0 unspecified atom stereocenters. The van der Waals surface area contributed by atoms with Gasteiger partial charge in [-0.25, -0.2) is 14.6 Å². The van der Waals surface area contributed by atoms with E-state index in [1.54, 1.807) is 6.92 Å². The summed E-state index contributed by atoms with van der Waals surface area (Å²) in [6.07, 6.45) is 2.57. The molecule has 0 aliphatic heterocycles. The first-order valence-electron chi connectivity index (χ1n) is 6.53. The molecular weight excluding hydrogens is 308 g/mol. The van der Waals surface area contributed by atoms with Crippen molar-refractivity contribution in [3.05, 3.63) is 63.3 Å². The zero-order chi connectivity index (χ0) is 16.1. The number of hydrogen-bond donors (Lipinski definition) is 0. The molecule has 0 saturated carbocycles. The van der Waals surface area contributed by atoms with Gasteiger partial charge in [0.05, 0.1) is 29.9 Å². The minimum absolute atomic E-state index is 0.175. The highest BCUT2D eigenvalue weighted by molar-refractivity contribution is 6.30. The first kappa shape index (κ1) is 15.9. The van der Waals surface area contributed by atoms with Crippen LogP contribution in [0.2, 0.25) is 5.02 Å². The Morgan fingerprint density at radius 1 is 1.23 bits per heavy atom. The number of nitrogens with zero attached hydrogens (tertiary/aromatic N) is 2. The Bertz CT molecular complexity index is 753. The van der Waals surface area contributed by atoms with Gasteiger partial charge in [0.25, 0.3) is 0 Å². The molecule has 0 aliphatic rings. The van der Waals surface area contributed by atoms with Gasteiger partial charge in [-0.3, -0.25) is 9.36 Å². The van der Waals surface area contributed by atoms with Gasteiger partial charge in [0.15, 0.2) is 5.78 Å². The molecular formula is C15H13ClN2O4. The van der Waals surface area contributed by atoms with Crippen LogP contribution in [0.1, 0.15) is 27.6 Å². The van der Waals surface area contributed by atoms with Crippen molar-refractivity contribution < 1.29 is 14.3 Å². The van der Waals surface area contributed by atoms with E-state index in [4.69, 9.17) is 16.3 Å². The number of aromatic nitrogens is 2. The largest absolute Gasteiger partial charge is 0.462 e. The summed E-state index contributed by atoms with van der Waals surface area (Å²) >= 11 is 5.75. The number of Topliss-reactive ketones (excluding diaryl/α,β-unsaturated/α-hetero) is 1. The molecule has 2 aromatic rings. The molecule has 1 aromatic heterocycles. The average Bonchev–Trinajstić information content (AvgIpc) is 2.51. The Labute approximate surface area is 131 Å². The molecule has 0 amide bonds. The minimum atomic E-state index is -0.555. The van der Waals surface area contributed by atoms with Gasteiger partial charge in [-0.05, 0) is 19.1 Å². The molecule has 0 atom stereocenters. The zero-order valence-electron chi connectivity index (χ0n) is 11.8. The van der Waals surface area contributed by atoms with Crippen molar-refractivity contribution in [2.45, 2.75) is 13.5 Å². The Hall–Kier alpha value is -2.47. The first-order chi connectivity index (χ1) is 10.5. The fourth-order valence-electron chi connectivity index (χ4n) is 1.79. The van der Waals surface area contributed by atoms with E-state index >= 15 is 0 Å². The first-order valence-corrected chi connectivity index (χ1v) is 6.91. The Balaban J connectivity index is 2.15. The highest BCUT2D eigenvalue weighted by Crippen LogP contribution is 2.08. The second kappa shape index (κ2) is 7.00. The van der Waals surface area contributed by atoms with Gasteiger partial charge < -0.3 is 4.74 Å². The molecule has 22 heavy (non-hydrogen) atoms. The lowest BCUT2D eigenvalue weighted by Crippen LogP contribution is -2.25. The summed E-state index contributed by atoms with van der Waals surface area (Å²) in [4.78, 5) is 38.7. The number of halogens is 1. The van der Waals surface area contributed by atoms with Crippen molar-refractivity contribution in [3.8, 4) is 0 Å². The number of hydrogen-bond acceptors (Lipinski definition) is 5. The van der Waals surface area contributed by atoms with Gasteiger partial charge in [-0.1, -0.05) is 23.7 Å². The second-order valence-corrected chi connectivity index (χ2v) is 4.84. The lowest BCUT2D eigenvalue weighted by molar-refractivity contribution is 0.0526. The Morgan fingerprint density at radius 3 is 2.50 bits per heavy atom. The van der Waals surface area contributed by atoms with Gasteiger partial charge in [0, 0.05) is 11.8 Å². The van der Waals surface area contributed by atoms with Crippen molar-refractivity contribution in [2.24, 2.45) is 0 Å². The Kier molecular flexibility index (Phi) is 5.06. The summed E-state index contributed by atoms with van der Waals surface area (Å²) in [6.45, 7) is 1.82. The monoisotopic (exact) mass is 320 g/mol. The molecule has 1 aromatic carbocycles. The van der Waals surface area contributed by atoms with Crippen LogP contribution >= 0.6 is 11.6 Å². The molecule has 1 heterocycles. The van der Waals surface area contributed by atoms with Gasteiger partial charge in [-0.2, -0.15) is 0 Å². The third-order valence-electron chi connectivity index (χ3n) is 2.86. The third kappa shape index (κ3) is 3.79. The molecule has 114 valence electrons. The van der Waals surface area contributed by atoms with Crippen LogP contribution in [0.4, 0.5) is 0 Å². The predicted octanol–water partition coefficient (Wildman–Crippen LogP) is 1.96. The summed E-state index contributed by atoms with van der Waals surface area (Å²) in [5, 5.41) is 0.269. The molecule has 0 radical (unpaired) electrons. The fraction of sp³-hybridized carbons (Fsp3) is 0.200. The summed E-state index contributed by atoms with van der Waals surface area (Å²) in [7, 11) is 0. The molecule has 0 fully saturated rings. The average molecular weight is 321 g/mol. The summed E-state index contributed by atoms with van der Waals surface area (Å²) in [5.74, 6) is -0.738. The van der Waals surface area contributed by atoms with Crippen molar-refractivity contribution >= 4 is 23.4 Å². The lowest BCUT2D eigenvalue weighted by atomic mass is 10.1. The predicted molar refractivity (Wildman–Crippen MR) is 80.2 cm³/mol. The maximum absolute atomic E-state index is 12.1. The van der Waals surface area contributed by atoms with E-state index in [0.29, 0.717) is 11.1 Å². The zero-order valence-corrected chi connectivity index (χ0v) is 12.5. The number of carbonyl (C=O) groups is 2. The van der Waals surface area contributed by atoms with E-state index in [1.807, 2.05) is 0 Å². The topological polar surface area (TPSA) is 78.3 Å². The highest BCUT2D eigenvalue weighted by atomic mass is 35.5. The van der Waals surface area contributed by atoms with Crippen LogP contribution in [0.5, 0.6) is 0 Å². The summed E-state index contributed by atoms with van der Waals surface area (Å²) < 4.78 is 5.99. The summed E-state index contributed by atoms with van der Waals surface area (Å²) in [5.41, 5.74) is 0.181. The minimum Gasteiger partial charge on any atom is -0.462 e. The van der Waals surface area contributed by atoms with Crippen LogP contribution in [0, 0.1) is 0 Å². The van der Waals surface area contributed by atoms with Crippen LogP contribution in [0.3, 0.4) is 0 Å². The maximum Gasteiger partial charge on any atom is 0.348 e. The number of ether oxygens (including phenoxy) is 1. The molecule has 2 rings (SSSR count). The van der Waals surface area contributed by atoms with Crippen molar-refractivity contribution in [1.82, 2.24) is 9.55 Å². The molecule has 0 aliphatic carbocycles. The van der Waals surface area contributed by atoms with Gasteiger partial charge in [-0.15, -0.1) is 0 Å². The number of benzene rings is 1. The quantitative estimate of drug-likeness (QED) is 0.621. The number of ketones is 1. The van der Waals surface area contributed by atoms with E-state index in [-0.39, 0.29) is 24.0 Å². The van der Waals surface area contributed by atoms with E-state index in [0.717, 1.165) is 4.57 Å². The number of rotatable bonds is 5. The lowest BCUT2D eigenvalue weighted by Gasteiger charge is -2.06. The third-order valence-corrected chi connectivity index (χ3v) is 3.05. The number of carbonyl (C=O) groups excluding carboxylic acids is 2. The number of esters is 1. The van der Waals surface area contributed by atoms with Crippen LogP contribution in [-0.2, 0) is 11.3 Å². The molecule has 6 nitrogen and oxygen atoms in total. The van der Waals surface area contributed by atoms with Gasteiger partial charge in [0.2, 0.25) is 0 Å². The van der Waals surface area contributed by atoms with Crippen LogP contribution < -0.4 is 5.69 Å². The fourth-order valence-corrected chi connectivity index (χ4v) is 1.96. The van der Waals surface area contributed by atoms with Gasteiger partial charge in [0.1, 0.15) is 0 Å². The summed E-state index contributed by atoms with van der Waals surface area (Å²) in [6, 6.07) is 6.03. The van der Waals surface area contributed by atoms with Crippen molar-refractivity contribution in [3.63, 3.8) is 0 Å². The molecule has 0 bridgehead atoms. The second-order valence-electron chi connectivity index (χ2n) is 4.40. The standard InChI is InChI=1S/C15H13ClN2O4/c1-2-22-14(20)11-5-3-10(4-6-11)13(19)9-18-8-12(16)7-17-15(18)21/h3-8H,2,9H2,1H3. The normalized spacial score (nSPS) is 10.3. The van der Waals surface area contributed by atoms with Crippen molar-refractivity contribution in [1.29, 1.82) is 0 Å².